The number of carbonyl (C=O) groups is 1. The van der Waals surface area contributed by atoms with Crippen LogP contribution in [-0.4, -0.2) is 24.8 Å². The van der Waals surface area contributed by atoms with Crippen LogP contribution in [0.4, 0.5) is 13.2 Å². The molecule has 0 radical (unpaired) electrons. The van der Waals surface area contributed by atoms with E-state index in [1.165, 1.54) is 25.1 Å². The molecule has 0 unspecified atom stereocenters. The molecule has 0 saturated heterocycles. The fourth-order valence-corrected chi connectivity index (χ4v) is 1.72. The van der Waals surface area contributed by atoms with Gasteiger partial charge in [0.25, 0.3) is 0 Å². The summed E-state index contributed by atoms with van der Waals surface area (Å²) < 4.78 is 38.4. The Morgan fingerprint density at radius 1 is 1.32 bits per heavy atom. The normalized spacial score (nSPS) is 12.8. The van der Waals surface area contributed by atoms with Gasteiger partial charge in [0.15, 0.2) is 5.78 Å². The van der Waals surface area contributed by atoms with Crippen molar-refractivity contribution < 1.29 is 18.0 Å². The molecule has 0 heterocycles. The maximum absolute atomic E-state index is 12.8. The van der Waals surface area contributed by atoms with E-state index in [9.17, 15) is 18.0 Å². The van der Waals surface area contributed by atoms with Crippen molar-refractivity contribution >= 4 is 11.4 Å². The largest absolute Gasteiger partial charge is 0.416 e. The molecular formula is C16H15F3N2O. The number of halogens is 3. The lowest BCUT2D eigenvalue weighted by atomic mass is 10.0. The zero-order chi connectivity index (χ0) is 16.9. The number of hydrogen-bond acceptors (Lipinski definition) is 3. The Balaban J connectivity index is 3.43. The fourth-order valence-electron chi connectivity index (χ4n) is 1.72. The maximum atomic E-state index is 12.8. The first-order valence-corrected chi connectivity index (χ1v) is 6.33. The molecule has 0 saturated carbocycles. The molecule has 1 aromatic carbocycles. The molecule has 1 rings (SSSR count). The van der Waals surface area contributed by atoms with Gasteiger partial charge in [-0.15, -0.1) is 0 Å². The molecule has 0 spiro atoms. The third-order valence-electron chi connectivity index (χ3n) is 2.72. The molecular weight excluding hydrogens is 293 g/mol. The van der Waals surface area contributed by atoms with Gasteiger partial charge in [0.1, 0.15) is 6.07 Å². The number of rotatable bonds is 4. The molecule has 116 valence electrons. The van der Waals surface area contributed by atoms with E-state index in [1.54, 1.807) is 31.3 Å². The van der Waals surface area contributed by atoms with Crippen molar-refractivity contribution in [3.05, 3.63) is 53.2 Å². The lowest BCUT2D eigenvalue weighted by Crippen LogP contribution is -2.06. The SMILES string of the molecule is CC(=O)/C(C#N)=C\C(=C/N(C)C)c1cccc(C(F)(F)F)c1. The van der Waals surface area contributed by atoms with E-state index in [2.05, 4.69) is 0 Å². The Hall–Kier alpha value is -2.55. The Labute approximate surface area is 127 Å². The second-order valence-corrected chi connectivity index (χ2v) is 4.85. The van der Waals surface area contributed by atoms with Gasteiger partial charge < -0.3 is 4.90 Å². The van der Waals surface area contributed by atoms with Crippen LogP contribution in [-0.2, 0) is 11.0 Å². The van der Waals surface area contributed by atoms with E-state index in [0.717, 1.165) is 12.1 Å². The van der Waals surface area contributed by atoms with Crippen LogP contribution in [0.3, 0.4) is 0 Å². The minimum Gasteiger partial charge on any atom is -0.383 e. The van der Waals surface area contributed by atoms with Gasteiger partial charge in [-0.3, -0.25) is 4.79 Å². The lowest BCUT2D eigenvalue weighted by Gasteiger charge is -2.12. The lowest BCUT2D eigenvalue weighted by molar-refractivity contribution is -0.137. The third-order valence-corrected chi connectivity index (χ3v) is 2.72. The van der Waals surface area contributed by atoms with Crippen molar-refractivity contribution in [3.63, 3.8) is 0 Å². The third kappa shape index (κ3) is 4.77. The monoisotopic (exact) mass is 308 g/mol. The van der Waals surface area contributed by atoms with Crippen molar-refractivity contribution in [1.82, 2.24) is 4.90 Å². The smallest absolute Gasteiger partial charge is 0.383 e. The first-order chi connectivity index (χ1) is 10.1. The van der Waals surface area contributed by atoms with Gasteiger partial charge >= 0.3 is 6.18 Å². The summed E-state index contributed by atoms with van der Waals surface area (Å²) in [6.07, 6.45) is -1.62. The number of nitriles is 1. The molecule has 1 aromatic rings. The number of hydrogen-bond donors (Lipinski definition) is 0. The van der Waals surface area contributed by atoms with Gasteiger partial charge in [-0.25, -0.2) is 0 Å². The van der Waals surface area contributed by atoms with Gasteiger partial charge in [0, 0.05) is 20.3 Å². The van der Waals surface area contributed by atoms with Crippen molar-refractivity contribution in [2.45, 2.75) is 13.1 Å². The summed E-state index contributed by atoms with van der Waals surface area (Å²) >= 11 is 0. The van der Waals surface area contributed by atoms with E-state index in [-0.39, 0.29) is 11.1 Å². The highest BCUT2D eigenvalue weighted by atomic mass is 19.4. The Morgan fingerprint density at radius 3 is 2.41 bits per heavy atom. The predicted molar refractivity (Wildman–Crippen MR) is 77.5 cm³/mol. The van der Waals surface area contributed by atoms with Crippen molar-refractivity contribution in [2.24, 2.45) is 0 Å². The highest BCUT2D eigenvalue weighted by Gasteiger charge is 2.30. The highest BCUT2D eigenvalue weighted by molar-refractivity contribution is 6.00. The molecule has 0 atom stereocenters. The average molecular weight is 308 g/mol. The zero-order valence-corrected chi connectivity index (χ0v) is 12.4. The van der Waals surface area contributed by atoms with Crippen LogP contribution in [0.25, 0.3) is 5.57 Å². The molecule has 0 aliphatic heterocycles. The molecule has 0 fully saturated rings. The number of alkyl halides is 3. The van der Waals surface area contributed by atoms with Crippen molar-refractivity contribution in [3.8, 4) is 6.07 Å². The molecule has 0 aliphatic carbocycles. The number of allylic oxidation sites excluding steroid dienone is 3. The van der Waals surface area contributed by atoms with Crippen LogP contribution in [0, 0.1) is 11.3 Å². The summed E-state index contributed by atoms with van der Waals surface area (Å²) in [5, 5.41) is 8.95. The molecule has 0 bridgehead atoms. The quantitative estimate of drug-likeness (QED) is 0.484. The van der Waals surface area contributed by atoms with Crippen LogP contribution >= 0.6 is 0 Å². The number of carbonyl (C=O) groups excluding carboxylic acids is 1. The Kier molecular flexibility index (Phi) is 5.52. The van der Waals surface area contributed by atoms with Gasteiger partial charge in [-0.2, -0.15) is 18.4 Å². The number of Topliss-reactive ketones (excluding diaryl/α,β-unsaturated/α-hetero) is 1. The predicted octanol–water partition coefficient (Wildman–Crippen LogP) is 3.65. The van der Waals surface area contributed by atoms with E-state index in [0.29, 0.717) is 5.57 Å². The van der Waals surface area contributed by atoms with E-state index in [1.807, 2.05) is 0 Å². The van der Waals surface area contributed by atoms with Crippen LogP contribution in [0.5, 0.6) is 0 Å². The second-order valence-electron chi connectivity index (χ2n) is 4.85. The van der Waals surface area contributed by atoms with E-state index in [4.69, 9.17) is 5.26 Å². The fraction of sp³-hybridized carbons (Fsp3) is 0.250. The first kappa shape index (κ1) is 17.5. The van der Waals surface area contributed by atoms with Gasteiger partial charge in [0.05, 0.1) is 11.1 Å². The molecule has 0 aromatic heterocycles. The van der Waals surface area contributed by atoms with Crippen LogP contribution in [0.1, 0.15) is 18.1 Å². The minimum absolute atomic E-state index is 0.120. The standard InChI is InChI=1S/C16H15F3N2O/c1-11(22)13(9-20)7-14(10-21(2)3)12-5-4-6-15(8-12)16(17,18)19/h4-8,10H,1-3H3/b13-7-,14-10+. The van der Waals surface area contributed by atoms with E-state index >= 15 is 0 Å². The summed E-state index contributed by atoms with van der Waals surface area (Å²) in [4.78, 5) is 13.0. The number of nitrogens with zero attached hydrogens (tertiary/aromatic N) is 2. The summed E-state index contributed by atoms with van der Waals surface area (Å²) in [6, 6.07) is 6.49. The van der Waals surface area contributed by atoms with Gasteiger partial charge in [0.2, 0.25) is 0 Å². The molecule has 6 heteroatoms. The average Bonchev–Trinajstić information content (AvgIpc) is 2.41. The van der Waals surface area contributed by atoms with Crippen LogP contribution in [0.15, 0.2) is 42.1 Å². The first-order valence-electron chi connectivity index (χ1n) is 6.33. The van der Waals surface area contributed by atoms with Crippen molar-refractivity contribution in [1.29, 1.82) is 5.26 Å². The highest BCUT2D eigenvalue weighted by Crippen LogP contribution is 2.31. The Morgan fingerprint density at radius 2 is 1.95 bits per heavy atom. The van der Waals surface area contributed by atoms with Gasteiger partial charge in [-0.1, -0.05) is 12.1 Å². The minimum atomic E-state index is -4.46. The van der Waals surface area contributed by atoms with Crippen LogP contribution in [0.2, 0.25) is 0 Å². The molecule has 0 amide bonds. The van der Waals surface area contributed by atoms with E-state index < -0.39 is 17.5 Å². The number of benzene rings is 1. The molecule has 0 aliphatic rings. The Bertz CT molecular complexity index is 665. The summed E-state index contributed by atoms with van der Waals surface area (Å²) in [5.74, 6) is -0.445. The summed E-state index contributed by atoms with van der Waals surface area (Å²) in [6.45, 7) is 1.23. The number of ketones is 1. The summed E-state index contributed by atoms with van der Waals surface area (Å²) in [5.41, 5.74) is -0.282. The van der Waals surface area contributed by atoms with Crippen molar-refractivity contribution in [2.75, 3.05) is 14.1 Å². The molecule has 22 heavy (non-hydrogen) atoms. The van der Waals surface area contributed by atoms with Crippen LogP contribution < -0.4 is 0 Å². The maximum Gasteiger partial charge on any atom is 0.416 e. The topological polar surface area (TPSA) is 44.1 Å². The molecule has 0 N–H and O–H groups in total. The summed E-state index contributed by atoms with van der Waals surface area (Å²) in [7, 11) is 3.39. The van der Waals surface area contributed by atoms with Gasteiger partial charge in [-0.05, 0) is 36.3 Å². The zero-order valence-electron chi connectivity index (χ0n) is 12.4. The second kappa shape index (κ2) is 6.94. The molecule has 3 nitrogen and oxygen atoms in total.